The molecule has 0 fully saturated rings. The lowest BCUT2D eigenvalue weighted by atomic mass is 10.3. The van der Waals surface area contributed by atoms with E-state index in [-0.39, 0.29) is 5.56 Å². The van der Waals surface area contributed by atoms with Gasteiger partial charge in [-0.2, -0.15) is 10.2 Å². The molecule has 0 atom stereocenters. The molecule has 132 valence electrons. The zero-order valence-electron chi connectivity index (χ0n) is 14.0. The second-order valence-electron chi connectivity index (χ2n) is 6.05. The van der Waals surface area contributed by atoms with E-state index in [9.17, 15) is 4.79 Å². The van der Waals surface area contributed by atoms with Gasteiger partial charge in [0.2, 0.25) is 0 Å². The number of fused-ring (bicyclic) bond motifs is 1. The number of benzene rings is 1. The molecule has 0 aliphatic heterocycles. The number of nitrogens with zero attached hydrogens (tertiary/aromatic N) is 5. The SMILES string of the molecule is CN(Cc1cc(Br)cs1)Cn1ncc2cn(-c3ccccc3)nc2c1=O. The van der Waals surface area contributed by atoms with Gasteiger partial charge in [0, 0.05) is 32.9 Å². The molecular formula is C18H16BrN5OS. The molecule has 0 saturated carbocycles. The average Bonchev–Trinajstić information content (AvgIpc) is 3.25. The van der Waals surface area contributed by atoms with Gasteiger partial charge < -0.3 is 0 Å². The Hall–Kier alpha value is -2.29. The van der Waals surface area contributed by atoms with Crippen LogP contribution in [0.25, 0.3) is 16.6 Å². The highest BCUT2D eigenvalue weighted by atomic mass is 79.9. The number of para-hydroxylation sites is 1. The number of aromatic nitrogens is 4. The molecule has 26 heavy (non-hydrogen) atoms. The molecule has 4 aromatic rings. The van der Waals surface area contributed by atoms with Crippen LogP contribution >= 0.6 is 27.3 Å². The Balaban J connectivity index is 1.60. The van der Waals surface area contributed by atoms with E-state index in [0.717, 1.165) is 22.1 Å². The highest BCUT2D eigenvalue weighted by Gasteiger charge is 2.11. The van der Waals surface area contributed by atoms with Gasteiger partial charge in [-0.25, -0.2) is 9.36 Å². The van der Waals surface area contributed by atoms with Crippen LogP contribution in [0.15, 0.2) is 63.4 Å². The number of hydrogen-bond donors (Lipinski definition) is 0. The summed E-state index contributed by atoms with van der Waals surface area (Å²) in [5.41, 5.74) is 1.16. The fourth-order valence-corrected chi connectivity index (χ4v) is 4.28. The Labute approximate surface area is 162 Å². The van der Waals surface area contributed by atoms with Gasteiger partial charge in [-0.1, -0.05) is 18.2 Å². The standard InChI is InChI=1S/C18H16BrN5OS/c1-22(10-16-7-14(19)11-26-16)12-24-18(25)17-13(8-20-24)9-23(21-17)15-5-3-2-4-6-15/h2-9,11H,10,12H2,1H3. The maximum Gasteiger partial charge on any atom is 0.296 e. The zero-order chi connectivity index (χ0) is 18.1. The summed E-state index contributed by atoms with van der Waals surface area (Å²) in [6, 6.07) is 11.8. The van der Waals surface area contributed by atoms with Crippen molar-refractivity contribution in [1.29, 1.82) is 0 Å². The second kappa shape index (κ2) is 7.14. The Morgan fingerprint density at radius 1 is 1.27 bits per heavy atom. The second-order valence-corrected chi connectivity index (χ2v) is 7.96. The van der Waals surface area contributed by atoms with Gasteiger partial charge in [-0.05, 0) is 41.2 Å². The predicted octanol–water partition coefficient (Wildman–Crippen LogP) is 3.50. The summed E-state index contributed by atoms with van der Waals surface area (Å²) < 4.78 is 4.24. The van der Waals surface area contributed by atoms with Gasteiger partial charge in [0.25, 0.3) is 5.56 Å². The Morgan fingerprint density at radius 3 is 2.81 bits per heavy atom. The fraction of sp³-hybridized carbons (Fsp3) is 0.167. The smallest absolute Gasteiger partial charge is 0.282 e. The maximum absolute atomic E-state index is 12.8. The van der Waals surface area contributed by atoms with Gasteiger partial charge in [0.05, 0.1) is 18.6 Å². The summed E-state index contributed by atoms with van der Waals surface area (Å²) in [7, 11) is 1.97. The van der Waals surface area contributed by atoms with Crippen molar-refractivity contribution >= 4 is 38.2 Å². The molecule has 0 aliphatic rings. The Morgan fingerprint density at radius 2 is 2.08 bits per heavy atom. The van der Waals surface area contributed by atoms with Gasteiger partial charge in [-0.3, -0.25) is 9.69 Å². The van der Waals surface area contributed by atoms with Gasteiger partial charge in [-0.15, -0.1) is 11.3 Å². The van der Waals surface area contributed by atoms with Crippen LogP contribution in [0.4, 0.5) is 0 Å². The number of halogens is 1. The summed E-state index contributed by atoms with van der Waals surface area (Å²) in [5.74, 6) is 0. The van der Waals surface area contributed by atoms with Crippen molar-refractivity contribution in [2.45, 2.75) is 13.2 Å². The van der Waals surface area contributed by atoms with E-state index in [1.165, 1.54) is 9.56 Å². The van der Waals surface area contributed by atoms with E-state index >= 15 is 0 Å². The summed E-state index contributed by atoms with van der Waals surface area (Å²) in [5, 5.41) is 11.5. The largest absolute Gasteiger partial charge is 0.296 e. The maximum atomic E-state index is 12.8. The topological polar surface area (TPSA) is 56.0 Å². The Kier molecular flexibility index (Phi) is 4.71. The minimum Gasteiger partial charge on any atom is -0.282 e. The Bertz CT molecular complexity index is 1100. The van der Waals surface area contributed by atoms with Gasteiger partial charge >= 0.3 is 0 Å². The molecule has 0 bridgehead atoms. The highest BCUT2D eigenvalue weighted by molar-refractivity contribution is 9.10. The molecule has 6 nitrogen and oxygen atoms in total. The molecule has 4 rings (SSSR count). The molecule has 0 radical (unpaired) electrons. The molecule has 0 N–H and O–H groups in total. The summed E-state index contributed by atoms with van der Waals surface area (Å²) >= 11 is 5.15. The van der Waals surface area contributed by atoms with Crippen LogP contribution in [0, 0.1) is 0 Å². The zero-order valence-corrected chi connectivity index (χ0v) is 16.4. The lowest BCUT2D eigenvalue weighted by Crippen LogP contribution is -2.31. The van der Waals surface area contributed by atoms with E-state index in [1.54, 1.807) is 22.2 Å². The summed E-state index contributed by atoms with van der Waals surface area (Å²) in [6.45, 7) is 1.16. The van der Waals surface area contributed by atoms with Crippen molar-refractivity contribution in [2.24, 2.45) is 0 Å². The van der Waals surface area contributed by atoms with Crippen molar-refractivity contribution in [1.82, 2.24) is 24.5 Å². The minimum atomic E-state index is -0.184. The molecule has 3 heterocycles. The third kappa shape index (κ3) is 3.48. The van der Waals surface area contributed by atoms with Crippen LogP contribution < -0.4 is 5.56 Å². The van der Waals surface area contributed by atoms with E-state index in [1.807, 2.05) is 48.5 Å². The third-order valence-electron chi connectivity index (χ3n) is 3.96. The van der Waals surface area contributed by atoms with Gasteiger partial charge in [0.1, 0.15) is 0 Å². The van der Waals surface area contributed by atoms with Crippen LogP contribution in [0.2, 0.25) is 0 Å². The molecule has 0 saturated heterocycles. The van der Waals surface area contributed by atoms with Crippen molar-refractivity contribution < 1.29 is 0 Å². The normalized spacial score (nSPS) is 11.5. The molecule has 0 amide bonds. The molecule has 0 spiro atoms. The highest BCUT2D eigenvalue weighted by Crippen LogP contribution is 2.20. The summed E-state index contributed by atoms with van der Waals surface area (Å²) in [4.78, 5) is 16.0. The first-order chi connectivity index (χ1) is 12.6. The first-order valence-corrected chi connectivity index (χ1v) is 9.70. The van der Waals surface area contributed by atoms with E-state index in [4.69, 9.17) is 0 Å². The lowest BCUT2D eigenvalue weighted by molar-refractivity contribution is 0.243. The monoisotopic (exact) mass is 429 g/mol. The molecule has 0 unspecified atom stereocenters. The lowest BCUT2D eigenvalue weighted by Gasteiger charge is -2.15. The number of hydrogen-bond acceptors (Lipinski definition) is 5. The first kappa shape index (κ1) is 17.1. The van der Waals surface area contributed by atoms with E-state index < -0.39 is 0 Å². The molecule has 3 aromatic heterocycles. The van der Waals surface area contributed by atoms with E-state index in [0.29, 0.717) is 12.2 Å². The predicted molar refractivity (Wildman–Crippen MR) is 107 cm³/mol. The molecule has 0 aliphatic carbocycles. The van der Waals surface area contributed by atoms with Crippen molar-refractivity contribution in [3.05, 3.63) is 73.9 Å². The van der Waals surface area contributed by atoms with E-state index in [2.05, 4.69) is 37.6 Å². The van der Waals surface area contributed by atoms with Crippen LogP contribution in [-0.2, 0) is 13.2 Å². The molecule has 1 aromatic carbocycles. The van der Waals surface area contributed by atoms with Crippen molar-refractivity contribution in [2.75, 3.05) is 7.05 Å². The van der Waals surface area contributed by atoms with Gasteiger partial charge in [0.15, 0.2) is 5.52 Å². The third-order valence-corrected chi connectivity index (χ3v) is 5.64. The fourth-order valence-electron chi connectivity index (χ4n) is 2.75. The number of rotatable bonds is 5. The average molecular weight is 430 g/mol. The first-order valence-electron chi connectivity index (χ1n) is 8.02. The quantitative estimate of drug-likeness (QED) is 0.487. The van der Waals surface area contributed by atoms with Crippen molar-refractivity contribution in [3.63, 3.8) is 0 Å². The number of thiophene rings is 1. The van der Waals surface area contributed by atoms with Crippen LogP contribution in [0.5, 0.6) is 0 Å². The van der Waals surface area contributed by atoms with Crippen LogP contribution in [0.3, 0.4) is 0 Å². The summed E-state index contributed by atoms with van der Waals surface area (Å²) in [6.07, 6.45) is 3.52. The van der Waals surface area contributed by atoms with Crippen molar-refractivity contribution in [3.8, 4) is 5.69 Å². The minimum absolute atomic E-state index is 0.184. The molecular weight excluding hydrogens is 414 g/mol. The van der Waals surface area contributed by atoms with Crippen LogP contribution in [-0.4, -0.2) is 31.5 Å². The molecule has 8 heteroatoms. The van der Waals surface area contributed by atoms with Crippen LogP contribution in [0.1, 0.15) is 4.88 Å².